The molecule has 0 aromatic rings. The Morgan fingerprint density at radius 2 is 1.94 bits per heavy atom. The summed E-state index contributed by atoms with van der Waals surface area (Å²) < 4.78 is 0. The second-order valence-corrected chi connectivity index (χ2v) is 5.52. The molecule has 4 nitrogen and oxygen atoms in total. The van der Waals surface area contributed by atoms with Crippen LogP contribution in [0.15, 0.2) is 0 Å². The van der Waals surface area contributed by atoms with Crippen molar-refractivity contribution in [3.8, 4) is 0 Å². The Bertz CT molecular complexity index is 252. The number of nitrogens with zero attached hydrogens (tertiary/aromatic N) is 2. The average molecular weight is 225 g/mol. The van der Waals surface area contributed by atoms with Gasteiger partial charge >= 0.3 is 6.03 Å². The molecule has 0 spiro atoms. The van der Waals surface area contributed by atoms with Crippen LogP contribution in [0.4, 0.5) is 4.79 Å². The normalized spacial score (nSPS) is 35.6. The second kappa shape index (κ2) is 4.62. The van der Waals surface area contributed by atoms with Crippen molar-refractivity contribution < 1.29 is 4.79 Å². The minimum Gasteiger partial charge on any atom is -0.326 e. The molecule has 2 aliphatic rings. The van der Waals surface area contributed by atoms with E-state index in [0.29, 0.717) is 11.8 Å². The van der Waals surface area contributed by atoms with Crippen LogP contribution < -0.4 is 5.73 Å². The fourth-order valence-electron chi connectivity index (χ4n) is 2.71. The largest absolute Gasteiger partial charge is 0.326 e. The van der Waals surface area contributed by atoms with E-state index in [0.717, 1.165) is 32.6 Å². The van der Waals surface area contributed by atoms with Gasteiger partial charge < -0.3 is 15.5 Å². The summed E-state index contributed by atoms with van der Waals surface area (Å²) in [5.41, 5.74) is 5.95. The maximum absolute atomic E-state index is 12.2. The van der Waals surface area contributed by atoms with Crippen LogP contribution in [0.3, 0.4) is 0 Å². The van der Waals surface area contributed by atoms with Crippen molar-refractivity contribution in [2.75, 3.05) is 26.2 Å². The van der Waals surface area contributed by atoms with E-state index >= 15 is 0 Å². The molecule has 92 valence electrons. The number of carbonyl (C=O) groups excluding carboxylic acids is 1. The summed E-state index contributed by atoms with van der Waals surface area (Å²) in [5, 5.41) is 0. The third-order valence-electron chi connectivity index (χ3n) is 3.87. The Morgan fingerprint density at radius 1 is 1.19 bits per heavy atom. The zero-order valence-electron chi connectivity index (χ0n) is 10.4. The molecule has 3 unspecified atom stereocenters. The highest BCUT2D eigenvalue weighted by Gasteiger charge is 2.33. The molecule has 16 heavy (non-hydrogen) atoms. The summed E-state index contributed by atoms with van der Waals surface area (Å²) in [5.74, 6) is 1.08. The van der Waals surface area contributed by atoms with Crippen molar-refractivity contribution in [1.29, 1.82) is 0 Å². The highest BCUT2D eigenvalue weighted by Crippen LogP contribution is 2.20. The first-order chi connectivity index (χ1) is 7.58. The lowest BCUT2D eigenvalue weighted by Crippen LogP contribution is -2.47. The monoisotopic (exact) mass is 225 g/mol. The Labute approximate surface area is 97.8 Å². The molecular formula is C12H23N3O. The van der Waals surface area contributed by atoms with Crippen LogP contribution >= 0.6 is 0 Å². The molecular weight excluding hydrogens is 202 g/mol. The molecule has 0 radical (unpaired) electrons. The zero-order chi connectivity index (χ0) is 11.7. The van der Waals surface area contributed by atoms with Gasteiger partial charge in [0.2, 0.25) is 0 Å². The van der Waals surface area contributed by atoms with Crippen LogP contribution in [-0.2, 0) is 0 Å². The van der Waals surface area contributed by atoms with Gasteiger partial charge in [0.1, 0.15) is 0 Å². The Hall–Kier alpha value is -0.770. The lowest BCUT2D eigenvalue weighted by Gasteiger charge is -2.34. The van der Waals surface area contributed by atoms with E-state index in [9.17, 15) is 4.79 Å². The standard InChI is InChI=1S/C12H23N3O/c1-9-4-3-5-14(6-9)12(16)15-7-10(2)11(13)8-15/h9-11H,3-8,13H2,1-2H3. The van der Waals surface area contributed by atoms with Crippen LogP contribution in [0.25, 0.3) is 0 Å². The van der Waals surface area contributed by atoms with E-state index in [4.69, 9.17) is 5.73 Å². The van der Waals surface area contributed by atoms with Crippen molar-refractivity contribution in [2.45, 2.75) is 32.7 Å². The molecule has 0 bridgehead atoms. The molecule has 0 saturated carbocycles. The van der Waals surface area contributed by atoms with Crippen LogP contribution in [0, 0.1) is 11.8 Å². The third-order valence-corrected chi connectivity index (χ3v) is 3.87. The van der Waals surface area contributed by atoms with Gasteiger partial charge in [-0.25, -0.2) is 4.79 Å². The fraction of sp³-hybridized carbons (Fsp3) is 0.917. The van der Waals surface area contributed by atoms with Gasteiger partial charge in [-0.05, 0) is 24.7 Å². The molecule has 0 aromatic carbocycles. The van der Waals surface area contributed by atoms with E-state index < -0.39 is 0 Å². The van der Waals surface area contributed by atoms with E-state index in [1.165, 1.54) is 6.42 Å². The van der Waals surface area contributed by atoms with E-state index in [-0.39, 0.29) is 12.1 Å². The number of piperidine rings is 1. The lowest BCUT2D eigenvalue weighted by atomic mass is 10.0. The summed E-state index contributed by atoms with van der Waals surface area (Å²) in [6.45, 7) is 7.73. The first-order valence-electron chi connectivity index (χ1n) is 6.37. The molecule has 2 N–H and O–H groups in total. The van der Waals surface area contributed by atoms with Crippen LogP contribution in [0.2, 0.25) is 0 Å². The SMILES string of the molecule is CC1CCCN(C(=O)N2CC(C)C(N)C2)C1. The number of rotatable bonds is 0. The highest BCUT2D eigenvalue weighted by atomic mass is 16.2. The number of hydrogen-bond acceptors (Lipinski definition) is 2. The van der Waals surface area contributed by atoms with E-state index in [1.54, 1.807) is 0 Å². The zero-order valence-corrected chi connectivity index (χ0v) is 10.4. The average Bonchev–Trinajstić information content (AvgIpc) is 2.58. The number of amides is 2. The van der Waals surface area contributed by atoms with Crippen molar-refractivity contribution in [2.24, 2.45) is 17.6 Å². The number of urea groups is 1. The summed E-state index contributed by atoms with van der Waals surface area (Å²) >= 11 is 0. The maximum atomic E-state index is 12.2. The predicted octanol–water partition coefficient (Wildman–Crippen LogP) is 1.12. The minimum atomic E-state index is 0.158. The number of nitrogens with two attached hydrogens (primary N) is 1. The lowest BCUT2D eigenvalue weighted by molar-refractivity contribution is 0.138. The van der Waals surface area contributed by atoms with Crippen LogP contribution in [0.5, 0.6) is 0 Å². The summed E-state index contributed by atoms with van der Waals surface area (Å²) in [4.78, 5) is 16.2. The van der Waals surface area contributed by atoms with E-state index in [1.807, 2.05) is 9.80 Å². The van der Waals surface area contributed by atoms with Gasteiger partial charge in [-0.15, -0.1) is 0 Å². The first kappa shape index (κ1) is 11.7. The predicted molar refractivity (Wildman–Crippen MR) is 64.1 cm³/mol. The van der Waals surface area contributed by atoms with Crippen molar-refractivity contribution in [3.05, 3.63) is 0 Å². The molecule has 2 fully saturated rings. The molecule has 2 aliphatic heterocycles. The fourth-order valence-corrected chi connectivity index (χ4v) is 2.71. The number of carbonyl (C=O) groups is 1. The second-order valence-electron chi connectivity index (χ2n) is 5.52. The Balaban J connectivity index is 1.92. The molecule has 0 aromatic heterocycles. The van der Waals surface area contributed by atoms with Gasteiger partial charge in [-0.3, -0.25) is 0 Å². The smallest absolute Gasteiger partial charge is 0.320 e. The maximum Gasteiger partial charge on any atom is 0.320 e. The molecule has 4 heteroatoms. The molecule has 0 aliphatic carbocycles. The Morgan fingerprint density at radius 3 is 2.50 bits per heavy atom. The van der Waals surface area contributed by atoms with Gasteiger partial charge in [0.25, 0.3) is 0 Å². The summed E-state index contributed by atoms with van der Waals surface area (Å²) in [7, 11) is 0. The third kappa shape index (κ3) is 2.32. The topological polar surface area (TPSA) is 49.6 Å². The van der Waals surface area contributed by atoms with Crippen molar-refractivity contribution in [3.63, 3.8) is 0 Å². The van der Waals surface area contributed by atoms with Gasteiger partial charge in [-0.2, -0.15) is 0 Å². The first-order valence-corrected chi connectivity index (χ1v) is 6.37. The minimum absolute atomic E-state index is 0.158. The molecule has 2 saturated heterocycles. The van der Waals surface area contributed by atoms with Gasteiger partial charge in [0, 0.05) is 32.2 Å². The van der Waals surface area contributed by atoms with Gasteiger partial charge in [0.15, 0.2) is 0 Å². The highest BCUT2D eigenvalue weighted by molar-refractivity contribution is 5.75. The number of likely N-dealkylation sites (tertiary alicyclic amines) is 2. The summed E-state index contributed by atoms with van der Waals surface area (Å²) in [6, 6.07) is 0.359. The summed E-state index contributed by atoms with van der Waals surface area (Å²) in [6.07, 6.45) is 2.39. The van der Waals surface area contributed by atoms with Gasteiger partial charge in [-0.1, -0.05) is 13.8 Å². The molecule has 3 atom stereocenters. The quantitative estimate of drug-likeness (QED) is 0.671. The number of hydrogen-bond donors (Lipinski definition) is 1. The van der Waals surface area contributed by atoms with Crippen molar-refractivity contribution in [1.82, 2.24) is 9.80 Å². The van der Waals surface area contributed by atoms with Gasteiger partial charge in [0.05, 0.1) is 0 Å². The molecule has 2 amide bonds. The van der Waals surface area contributed by atoms with E-state index in [2.05, 4.69) is 13.8 Å². The van der Waals surface area contributed by atoms with Crippen molar-refractivity contribution >= 4 is 6.03 Å². The Kier molecular flexibility index (Phi) is 3.38. The van der Waals surface area contributed by atoms with Crippen LogP contribution in [-0.4, -0.2) is 48.1 Å². The molecule has 2 heterocycles. The van der Waals surface area contributed by atoms with Crippen LogP contribution in [0.1, 0.15) is 26.7 Å². The molecule has 2 rings (SSSR count).